The van der Waals surface area contributed by atoms with Crippen LogP contribution < -0.4 is 15.5 Å². The van der Waals surface area contributed by atoms with Gasteiger partial charge in [0.2, 0.25) is 0 Å². The van der Waals surface area contributed by atoms with Crippen LogP contribution in [0.25, 0.3) is 0 Å². The highest BCUT2D eigenvalue weighted by Gasteiger charge is 2.25. The van der Waals surface area contributed by atoms with E-state index in [1.54, 1.807) is 24.4 Å². The number of aromatic nitrogens is 1. The fourth-order valence-electron chi connectivity index (χ4n) is 3.14. The van der Waals surface area contributed by atoms with Crippen molar-refractivity contribution < 1.29 is 8.78 Å². The topological polar surface area (TPSA) is 52.6 Å². The first-order chi connectivity index (χ1) is 13.2. The van der Waals surface area contributed by atoms with E-state index >= 15 is 0 Å². The third-order valence-corrected chi connectivity index (χ3v) is 4.50. The Morgan fingerprint density at radius 1 is 1.25 bits per heavy atom. The van der Waals surface area contributed by atoms with Gasteiger partial charge in [0.1, 0.15) is 5.82 Å². The molecule has 3 rings (SSSR count). The standard InChI is InChI=1S/C20H25F2N5.HI/c1-2-23-20(25-12-9-15-5-7-16(21)8-6-15)26-17-10-13-27(14-17)19-18(22)4-3-11-24-19;/h3-8,11,17H,2,9-10,12-14H2,1H3,(H2,23,25,26);1H. The average Bonchev–Trinajstić information content (AvgIpc) is 3.12. The van der Waals surface area contributed by atoms with Gasteiger partial charge in [-0.05, 0) is 49.6 Å². The maximum atomic E-state index is 13.9. The molecule has 0 amide bonds. The lowest BCUT2D eigenvalue weighted by Crippen LogP contribution is -2.44. The van der Waals surface area contributed by atoms with Gasteiger partial charge in [-0.3, -0.25) is 4.99 Å². The number of anilines is 1. The van der Waals surface area contributed by atoms with E-state index < -0.39 is 0 Å². The van der Waals surface area contributed by atoms with Crippen molar-refractivity contribution in [3.63, 3.8) is 0 Å². The van der Waals surface area contributed by atoms with E-state index in [0.717, 1.165) is 37.5 Å². The van der Waals surface area contributed by atoms with Crippen LogP contribution in [0.2, 0.25) is 0 Å². The first-order valence-corrected chi connectivity index (χ1v) is 9.30. The minimum atomic E-state index is -0.293. The van der Waals surface area contributed by atoms with Gasteiger partial charge in [-0.1, -0.05) is 12.1 Å². The lowest BCUT2D eigenvalue weighted by molar-refractivity contribution is 0.612. The zero-order chi connectivity index (χ0) is 19.1. The van der Waals surface area contributed by atoms with Crippen LogP contribution in [0.15, 0.2) is 47.6 Å². The summed E-state index contributed by atoms with van der Waals surface area (Å²) >= 11 is 0. The summed E-state index contributed by atoms with van der Waals surface area (Å²) < 4.78 is 26.9. The van der Waals surface area contributed by atoms with Crippen molar-refractivity contribution in [1.29, 1.82) is 0 Å². The van der Waals surface area contributed by atoms with Crippen LogP contribution >= 0.6 is 24.0 Å². The second kappa shape index (κ2) is 11.1. The number of nitrogens with one attached hydrogen (secondary N) is 2. The molecule has 1 unspecified atom stereocenters. The third kappa shape index (κ3) is 6.29. The molecule has 1 atom stereocenters. The number of guanidine groups is 1. The monoisotopic (exact) mass is 501 g/mol. The Hall–Kier alpha value is -1.97. The second-order valence-corrected chi connectivity index (χ2v) is 6.52. The molecule has 0 spiro atoms. The Balaban J connectivity index is 0.00000280. The Bertz CT molecular complexity index is 769. The smallest absolute Gasteiger partial charge is 0.191 e. The van der Waals surface area contributed by atoms with Crippen molar-refractivity contribution in [2.24, 2.45) is 4.99 Å². The Kier molecular flexibility index (Phi) is 8.88. The SMILES string of the molecule is CCNC(=NCCc1ccc(F)cc1)NC1CCN(c2ncccc2F)C1.I. The van der Waals surface area contributed by atoms with Crippen molar-refractivity contribution in [3.8, 4) is 0 Å². The van der Waals surface area contributed by atoms with Gasteiger partial charge >= 0.3 is 0 Å². The van der Waals surface area contributed by atoms with Gasteiger partial charge in [0.05, 0.1) is 0 Å². The lowest BCUT2D eigenvalue weighted by Gasteiger charge is -2.20. The minimum Gasteiger partial charge on any atom is -0.357 e. The number of hydrogen-bond acceptors (Lipinski definition) is 3. The summed E-state index contributed by atoms with van der Waals surface area (Å²) in [6.07, 6.45) is 3.24. The van der Waals surface area contributed by atoms with Crippen molar-refractivity contribution >= 4 is 35.8 Å². The number of benzene rings is 1. The van der Waals surface area contributed by atoms with Crippen molar-refractivity contribution in [2.75, 3.05) is 31.1 Å². The molecule has 5 nitrogen and oxygen atoms in total. The number of rotatable bonds is 6. The molecule has 0 radical (unpaired) electrons. The minimum absolute atomic E-state index is 0. The number of halogens is 3. The Morgan fingerprint density at radius 2 is 2.04 bits per heavy atom. The molecule has 2 aromatic rings. The third-order valence-electron chi connectivity index (χ3n) is 4.50. The van der Waals surface area contributed by atoms with E-state index in [9.17, 15) is 8.78 Å². The molecule has 0 saturated carbocycles. The highest BCUT2D eigenvalue weighted by Crippen LogP contribution is 2.20. The zero-order valence-electron chi connectivity index (χ0n) is 15.9. The Labute approximate surface area is 181 Å². The van der Waals surface area contributed by atoms with Crippen LogP contribution in [0, 0.1) is 11.6 Å². The quantitative estimate of drug-likeness (QED) is 0.362. The normalized spacial score (nSPS) is 16.6. The first-order valence-electron chi connectivity index (χ1n) is 9.30. The largest absolute Gasteiger partial charge is 0.357 e. The molecule has 152 valence electrons. The summed E-state index contributed by atoms with van der Waals surface area (Å²) in [6, 6.07) is 9.70. The molecular weight excluding hydrogens is 475 g/mol. The highest BCUT2D eigenvalue weighted by atomic mass is 127. The molecule has 28 heavy (non-hydrogen) atoms. The van der Waals surface area contributed by atoms with Gasteiger partial charge in [-0.15, -0.1) is 24.0 Å². The van der Waals surface area contributed by atoms with E-state index in [4.69, 9.17) is 0 Å². The van der Waals surface area contributed by atoms with E-state index in [1.807, 2.05) is 11.8 Å². The highest BCUT2D eigenvalue weighted by molar-refractivity contribution is 14.0. The molecular formula is C20H26F2IN5. The average molecular weight is 501 g/mol. The maximum absolute atomic E-state index is 13.9. The predicted octanol–water partition coefficient (Wildman–Crippen LogP) is 3.35. The van der Waals surface area contributed by atoms with Crippen molar-refractivity contribution in [1.82, 2.24) is 15.6 Å². The molecule has 1 aliphatic heterocycles. The van der Waals surface area contributed by atoms with Crippen molar-refractivity contribution in [2.45, 2.75) is 25.8 Å². The van der Waals surface area contributed by atoms with Crippen LogP contribution in [-0.2, 0) is 6.42 Å². The molecule has 0 aliphatic carbocycles. The van der Waals surface area contributed by atoms with Crippen LogP contribution in [-0.4, -0.2) is 43.2 Å². The molecule has 1 aliphatic rings. The zero-order valence-corrected chi connectivity index (χ0v) is 18.2. The summed E-state index contributed by atoms with van der Waals surface area (Å²) in [4.78, 5) is 10.7. The second-order valence-electron chi connectivity index (χ2n) is 6.52. The van der Waals surface area contributed by atoms with Crippen LogP contribution in [0.5, 0.6) is 0 Å². The maximum Gasteiger partial charge on any atom is 0.191 e. The van der Waals surface area contributed by atoms with Gasteiger partial charge in [-0.25, -0.2) is 13.8 Å². The fourth-order valence-corrected chi connectivity index (χ4v) is 3.14. The molecule has 1 saturated heterocycles. The van der Waals surface area contributed by atoms with Crippen LogP contribution in [0.1, 0.15) is 18.9 Å². The van der Waals surface area contributed by atoms with E-state index in [-0.39, 0.29) is 41.7 Å². The van der Waals surface area contributed by atoms with Crippen molar-refractivity contribution in [3.05, 3.63) is 59.8 Å². The van der Waals surface area contributed by atoms with Gasteiger partial charge in [0, 0.05) is 38.4 Å². The molecule has 0 bridgehead atoms. The number of hydrogen-bond donors (Lipinski definition) is 2. The van der Waals surface area contributed by atoms with E-state index in [0.29, 0.717) is 18.9 Å². The molecule has 1 aromatic carbocycles. The Morgan fingerprint density at radius 3 is 2.75 bits per heavy atom. The molecule has 8 heteroatoms. The molecule has 2 heterocycles. The molecule has 1 fully saturated rings. The fraction of sp³-hybridized carbons (Fsp3) is 0.400. The molecule has 1 aromatic heterocycles. The van der Waals surface area contributed by atoms with Gasteiger partial charge in [-0.2, -0.15) is 0 Å². The lowest BCUT2D eigenvalue weighted by atomic mass is 10.1. The predicted molar refractivity (Wildman–Crippen MR) is 119 cm³/mol. The summed E-state index contributed by atoms with van der Waals surface area (Å²) in [5, 5.41) is 6.66. The summed E-state index contributed by atoms with van der Waals surface area (Å²) in [7, 11) is 0. The van der Waals surface area contributed by atoms with E-state index in [1.165, 1.54) is 18.2 Å². The number of aliphatic imine (C=N–C) groups is 1. The summed E-state index contributed by atoms with van der Waals surface area (Å²) in [6.45, 7) is 4.80. The van der Waals surface area contributed by atoms with Gasteiger partial charge < -0.3 is 15.5 Å². The molecule has 2 N–H and O–H groups in total. The van der Waals surface area contributed by atoms with Crippen LogP contribution in [0.3, 0.4) is 0 Å². The van der Waals surface area contributed by atoms with E-state index in [2.05, 4.69) is 20.6 Å². The summed E-state index contributed by atoms with van der Waals surface area (Å²) in [5.74, 6) is 0.624. The first kappa shape index (κ1) is 22.3. The summed E-state index contributed by atoms with van der Waals surface area (Å²) in [5.41, 5.74) is 1.05. The van der Waals surface area contributed by atoms with Gasteiger partial charge in [0.25, 0.3) is 0 Å². The number of nitrogens with zero attached hydrogens (tertiary/aromatic N) is 3. The van der Waals surface area contributed by atoms with Gasteiger partial charge in [0.15, 0.2) is 17.6 Å². The number of pyridine rings is 1. The van der Waals surface area contributed by atoms with Crippen LogP contribution in [0.4, 0.5) is 14.6 Å².